The normalized spacial score (nSPS) is 12.2. The van der Waals surface area contributed by atoms with Gasteiger partial charge < -0.3 is 20.1 Å². The highest BCUT2D eigenvalue weighted by Crippen LogP contribution is 2.36. The molecule has 0 fully saturated rings. The Morgan fingerprint density at radius 2 is 2.25 bits per heavy atom. The second-order valence-corrected chi connectivity index (χ2v) is 4.23. The minimum atomic E-state index is -0.796. The minimum absolute atomic E-state index is 0.267. The fourth-order valence-electron chi connectivity index (χ4n) is 1.50. The zero-order valence-corrected chi connectivity index (χ0v) is 12.3. The van der Waals surface area contributed by atoms with E-state index in [0.29, 0.717) is 11.3 Å². The van der Waals surface area contributed by atoms with E-state index in [1.54, 1.807) is 26.0 Å². The fourth-order valence-corrected chi connectivity index (χ4v) is 1.76. The van der Waals surface area contributed by atoms with Crippen molar-refractivity contribution < 1.29 is 19.0 Å². The summed E-state index contributed by atoms with van der Waals surface area (Å²) in [6.45, 7) is 3.57. The first-order valence-corrected chi connectivity index (χ1v) is 6.35. The number of ether oxygens (including phenoxy) is 3. The molecule has 1 aromatic rings. The van der Waals surface area contributed by atoms with E-state index in [0.717, 1.165) is 0 Å². The average Bonchev–Trinajstić information content (AvgIpc) is 2.41. The Balaban J connectivity index is 3.02. The molecule has 0 amide bonds. The van der Waals surface area contributed by atoms with Crippen LogP contribution in [0, 0.1) is 0 Å². The molecule has 0 heterocycles. The number of carbonyl (C=O) groups is 1. The molecule has 6 nitrogen and oxygen atoms in total. The van der Waals surface area contributed by atoms with Gasteiger partial charge in [-0.2, -0.15) is 5.10 Å². The molecule has 0 radical (unpaired) electrons. The van der Waals surface area contributed by atoms with Gasteiger partial charge in [0.2, 0.25) is 0 Å². The number of benzene rings is 1. The molecule has 0 bridgehead atoms. The van der Waals surface area contributed by atoms with Gasteiger partial charge in [-0.05, 0) is 31.5 Å². The van der Waals surface area contributed by atoms with Crippen molar-refractivity contribution in [1.82, 2.24) is 0 Å². The van der Waals surface area contributed by atoms with Crippen LogP contribution in [-0.2, 0) is 9.53 Å². The van der Waals surface area contributed by atoms with Crippen LogP contribution in [0.1, 0.15) is 19.4 Å². The third-order valence-corrected chi connectivity index (χ3v) is 2.67. The molecule has 0 aromatic heterocycles. The summed E-state index contributed by atoms with van der Waals surface area (Å²) in [5, 5.41) is 3.70. The Morgan fingerprint density at radius 1 is 1.55 bits per heavy atom. The summed E-state index contributed by atoms with van der Waals surface area (Å²) in [7, 11) is 1.47. The Morgan fingerprint density at radius 3 is 2.80 bits per heavy atom. The van der Waals surface area contributed by atoms with Gasteiger partial charge in [-0.25, -0.2) is 4.79 Å². The predicted octanol–water partition coefficient (Wildman–Crippen LogP) is 1.97. The summed E-state index contributed by atoms with van der Waals surface area (Å²) in [4.78, 5) is 11.6. The van der Waals surface area contributed by atoms with Gasteiger partial charge in [0.25, 0.3) is 0 Å². The van der Waals surface area contributed by atoms with Crippen LogP contribution in [0.15, 0.2) is 17.2 Å². The van der Waals surface area contributed by atoms with Gasteiger partial charge in [0, 0.05) is 0 Å². The molecular formula is C13H17ClN2O4. The number of nitrogens with two attached hydrogens (primary N) is 1. The zero-order valence-electron chi connectivity index (χ0n) is 11.6. The largest absolute Gasteiger partial charge is 0.493 e. The molecule has 110 valence electrons. The van der Waals surface area contributed by atoms with Crippen LogP contribution in [-0.4, -0.2) is 32.0 Å². The van der Waals surface area contributed by atoms with Crippen LogP contribution in [0.4, 0.5) is 0 Å². The number of halogens is 1. The van der Waals surface area contributed by atoms with E-state index in [4.69, 9.17) is 31.7 Å². The van der Waals surface area contributed by atoms with Crippen molar-refractivity contribution in [3.63, 3.8) is 0 Å². The Bertz CT molecular complexity index is 505. The van der Waals surface area contributed by atoms with Crippen molar-refractivity contribution in [3.05, 3.63) is 22.7 Å². The van der Waals surface area contributed by atoms with Gasteiger partial charge in [-0.15, -0.1) is 0 Å². The van der Waals surface area contributed by atoms with Crippen LogP contribution in [0.2, 0.25) is 5.02 Å². The lowest BCUT2D eigenvalue weighted by atomic mass is 10.2. The lowest BCUT2D eigenvalue weighted by Crippen LogP contribution is -2.26. The monoisotopic (exact) mass is 300 g/mol. The van der Waals surface area contributed by atoms with Crippen LogP contribution in [0.25, 0.3) is 0 Å². The number of rotatable bonds is 6. The van der Waals surface area contributed by atoms with Crippen LogP contribution >= 0.6 is 11.6 Å². The SMILES string of the molecule is CCOC(=O)C(C)Oc1c(Cl)cc(C=NN)cc1OC. The van der Waals surface area contributed by atoms with Gasteiger partial charge in [0.15, 0.2) is 17.6 Å². The van der Waals surface area contributed by atoms with Crippen LogP contribution < -0.4 is 15.3 Å². The quantitative estimate of drug-likeness (QED) is 0.376. The Kier molecular flexibility index (Phi) is 6.11. The molecule has 1 rings (SSSR count). The lowest BCUT2D eigenvalue weighted by Gasteiger charge is -2.17. The number of nitrogens with zero attached hydrogens (tertiary/aromatic N) is 1. The Hall–Kier alpha value is -1.95. The first kappa shape index (κ1) is 16.1. The highest BCUT2D eigenvalue weighted by molar-refractivity contribution is 6.32. The maximum absolute atomic E-state index is 11.6. The van der Waals surface area contributed by atoms with E-state index in [-0.39, 0.29) is 17.4 Å². The average molecular weight is 301 g/mol. The third-order valence-electron chi connectivity index (χ3n) is 2.39. The summed E-state index contributed by atoms with van der Waals surface area (Å²) in [5.41, 5.74) is 0.658. The Labute approximate surface area is 122 Å². The third kappa shape index (κ3) is 4.03. The number of hydrogen-bond acceptors (Lipinski definition) is 6. The van der Waals surface area contributed by atoms with Gasteiger partial charge in [0.1, 0.15) is 0 Å². The number of hydrazone groups is 1. The maximum atomic E-state index is 11.6. The first-order chi connectivity index (χ1) is 9.53. The van der Waals surface area contributed by atoms with Crippen LogP contribution in [0.3, 0.4) is 0 Å². The van der Waals surface area contributed by atoms with Crippen LogP contribution in [0.5, 0.6) is 11.5 Å². The maximum Gasteiger partial charge on any atom is 0.347 e. The number of carbonyl (C=O) groups excluding carboxylic acids is 1. The summed E-state index contributed by atoms with van der Waals surface area (Å²) >= 11 is 6.12. The van der Waals surface area contributed by atoms with Crippen molar-refractivity contribution in [2.45, 2.75) is 20.0 Å². The van der Waals surface area contributed by atoms with E-state index in [1.807, 2.05) is 0 Å². The molecule has 20 heavy (non-hydrogen) atoms. The van der Waals surface area contributed by atoms with E-state index < -0.39 is 12.1 Å². The molecule has 7 heteroatoms. The van der Waals surface area contributed by atoms with E-state index >= 15 is 0 Å². The molecule has 1 unspecified atom stereocenters. The number of esters is 1. The lowest BCUT2D eigenvalue weighted by molar-refractivity contribution is -0.150. The predicted molar refractivity (Wildman–Crippen MR) is 76.5 cm³/mol. The molecule has 0 aliphatic heterocycles. The molecule has 2 N–H and O–H groups in total. The van der Waals surface area contributed by atoms with E-state index in [2.05, 4.69) is 5.10 Å². The van der Waals surface area contributed by atoms with Crippen molar-refractivity contribution in [2.75, 3.05) is 13.7 Å². The summed E-state index contributed by atoms with van der Waals surface area (Å²) < 4.78 is 15.6. The van der Waals surface area contributed by atoms with Crippen molar-refractivity contribution in [3.8, 4) is 11.5 Å². The smallest absolute Gasteiger partial charge is 0.347 e. The van der Waals surface area contributed by atoms with E-state index in [9.17, 15) is 4.79 Å². The minimum Gasteiger partial charge on any atom is -0.493 e. The second-order valence-electron chi connectivity index (χ2n) is 3.82. The fraction of sp³-hybridized carbons (Fsp3) is 0.385. The summed E-state index contributed by atoms with van der Waals surface area (Å²) in [5.74, 6) is 5.26. The molecule has 0 saturated heterocycles. The molecule has 1 atom stereocenters. The topological polar surface area (TPSA) is 83.1 Å². The molecular weight excluding hydrogens is 284 g/mol. The molecule has 0 aliphatic rings. The van der Waals surface area contributed by atoms with Gasteiger partial charge >= 0.3 is 5.97 Å². The molecule has 0 spiro atoms. The number of methoxy groups -OCH3 is 1. The van der Waals surface area contributed by atoms with Crippen molar-refractivity contribution in [1.29, 1.82) is 0 Å². The van der Waals surface area contributed by atoms with Gasteiger partial charge in [0.05, 0.1) is 25.0 Å². The van der Waals surface area contributed by atoms with Crippen molar-refractivity contribution >= 4 is 23.8 Å². The molecule has 0 aliphatic carbocycles. The summed E-state index contributed by atoms with van der Waals surface area (Å²) in [6.07, 6.45) is 0.628. The zero-order chi connectivity index (χ0) is 15.1. The van der Waals surface area contributed by atoms with Gasteiger partial charge in [-0.3, -0.25) is 0 Å². The molecule has 1 aromatic carbocycles. The second kappa shape index (κ2) is 7.59. The van der Waals surface area contributed by atoms with Gasteiger partial charge in [-0.1, -0.05) is 11.6 Å². The highest BCUT2D eigenvalue weighted by atomic mass is 35.5. The number of hydrogen-bond donors (Lipinski definition) is 1. The first-order valence-electron chi connectivity index (χ1n) is 5.97. The molecule has 0 saturated carbocycles. The standard InChI is InChI=1S/C13H17ClN2O4/c1-4-19-13(17)8(2)20-12-10(14)5-9(7-16-15)6-11(12)18-3/h5-8H,4,15H2,1-3H3. The highest BCUT2D eigenvalue weighted by Gasteiger charge is 2.20. The summed E-state index contributed by atoms with van der Waals surface area (Å²) in [6, 6.07) is 3.25. The van der Waals surface area contributed by atoms with Crippen molar-refractivity contribution in [2.24, 2.45) is 10.9 Å². The van der Waals surface area contributed by atoms with E-state index in [1.165, 1.54) is 13.3 Å².